The molecule has 0 unspecified atom stereocenters. The highest BCUT2D eigenvalue weighted by atomic mass is 33.1. The summed E-state index contributed by atoms with van der Waals surface area (Å²) in [4.78, 5) is 223. The van der Waals surface area contributed by atoms with E-state index < -0.39 is 209 Å². The van der Waals surface area contributed by atoms with Crippen LogP contribution < -0.4 is 109 Å². The van der Waals surface area contributed by atoms with E-state index in [2.05, 4.69) is 90.7 Å². The maximum absolute atomic E-state index is 14.3. The molecule has 16 amide bonds. The van der Waals surface area contributed by atoms with E-state index >= 15 is 0 Å². The van der Waals surface area contributed by atoms with Crippen LogP contribution in [0.5, 0.6) is 0 Å². The van der Waals surface area contributed by atoms with Crippen molar-refractivity contribution in [2.24, 2.45) is 45.1 Å². The van der Waals surface area contributed by atoms with Crippen molar-refractivity contribution in [3.8, 4) is 0 Å². The predicted octanol–water partition coefficient (Wildman–Crippen LogP) is -2.74. The van der Waals surface area contributed by atoms with Gasteiger partial charge in [0.15, 0.2) is 5.96 Å². The van der Waals surface area contributed by atoms with Crippen molar-refractivity contribution in [3.63, 3.8) is 0 Å². The van der Waals surface area contributed by atoms with Crippen LogP contribution >= 0.6 is 21.6 Å². The monoisotopic (exact) mass is 1860 g/mol. The molecule has 129 heavy (non-hydrogen) atoms. The molecule has 0 radical (unpaired) electrons. The number of aliphatic hydroxyl groups excluding tert-OH is 1. The Balaban J connectivity index is 0.000000547. The SMILES string of the molecule is CCCCCCCCCCCCCCCC(=O)NS(=O)(=O)CCCC(=O)NCC(=O)N[C@@H](CO)C(=O)N[C@@H](CCC(N)=O)C(=O)N[C@@H](Cc1cnc[nH]1)C(=O)N[C@@H](CN)C(=O)N[C@@H](CCCC)C(N)=O.CN[C@H]1CSSC[C@@H](C(N)=O)NC(=O)[C@H](Cc2c[nH]c3ccccc23)NC(=O)[C@H](CCCN=C(N)N)NC(=O)[C@@H](Cc2ccccc2)NC(=O)[C@H](CCC(N)=O)NC1=O. The number of H-pyrrole nitrogens is 2. The van der Waals surface area contributed by atoms with Crippen molar-refractivity contribution >= 4 is 143 Å². The quantitative estimate of drug-likeness (QED) is 0.00923. The van der Waals surface area contributed by atoms with Crippen LogP contribution in [0.4, 0.5) is 0 Å². The van der Waals surface area contributed by atoms with Gasteiger partial charge in [-0.15, -0.1) is 0 Å². The third-order valence-corrected chi connectivity index (χ3v) is 24.4. The van der Waals surface area contributed by atoms with Crippen LogP contribution in [0, 0.1) is 0 Å². The zero-order chi connectivity index (χ0) is 95.2. The lowest BCUT2D eigenvalue weighted by Gasteiger charge is -2.28. The van der Waals surface area contributed by atoms with E-state index in [1.54, 1.807) is 43.6 Å². The molecule has 1 saturated heterocycles. The van der Waals surface area contributed by atoms with Gasteiger partial charge in [0.1, 0.15) is 60.4 Å². The Bertz CT molecular complexity index is 4410. The molecule has 0 aliphatic carbocycles. The van der Waals surface area contributed by atoms with Gasteiger partial charge in [-0.05, 0) is 69.2 Å². The Labute approximate surface area is 758 Å². The topological polar surface area (TPSA) is 723 Å². The molecule has 716 valence electrons. The third-order valence-electron chi connectivity index (χ3n) is 20.6. The molecule has 1 fully saturated rings. The summed E-state index contributed by atoms with van der Waals surface area (Å²) in [7, 11) is -0.0778. The highest BCUT2D eigenvalue weighted by Gasteiger charge is 2.37. The molecule has 11 atom stereocenters. The highest BCUT2D eigenvalue weighted by molar-refractivity contribution is 8.76. The molecule has 3 heterocycles. The molecule has 30 N–H and O–H groups in total. The van der Waals surface area contributed by atoms with E-state index in [0.29, 0.717) is 36.1 Å². The molecule has 0 spiro atoms. The number of aliphatic imine (C=N–C) groups is 1. The fourth-order valence-electron chi connectivity index (χ4n) is 13.3. The number of aromatic amines is 2. The third kappa shape index (κ3) is 44.4. The van der Waals surface area contributed by atoms with Crippen LogP contribution in [0.3, 0.4) is 0 Å². The Kier molecular flexibility index (Phi) is 52.0. The number of para-hydroxylation sites is 1. The number of hydrogen-bond donors (Lipinski definition) is 23. The Morgan fingerprint density at radius 2 is 1.07 bits per heavy atom. The second kappa shape index (κ2) is 61.1. The molecular weight excluding hydrogens is 1730 g/mol. The number of carbonyl (C=O) groups excluding carboxylic acids is 16. The van der Waals surface area contributed by atoms with Gasteiger partial charge in [0.05, 0.1) is 31.3 Å². The molecule has 2 aromatic heterocycles. The number of likely N-dealkylation sites (N-methyl/N-ethyl adjacent to an activating group) is 1. The first-order chi connectivity index (χ1) is 61.6. The summed E-state index contributed by atoms with van der Waals surface area (Å²) >= 11 is 0. The summed E-state index contributed by atoms with van der Waals surface area (Å²) in [5.41, 5.74) is 41.2. The lowest BCUT2D eigenvalue weighted by molar-refractivity contribution is -0.135. The number of nitrogens with zero attached hydrogens (tertiary/aromatic N) is 2. The lowest BCUT2D eigenvalue weighted by atomic mass is 10.0. The molecule has 0 bridgehead atoms. The van der Waals surface area contributed by atoms with Gasteiger partial charge >= 0.3 is 0 Å². The fraction of sp³-hybridized carbons (Fsp3) is 0.590. The van der Waals surface area contributed by atoms with Gasteiger partial charge in [-0.1, -0.05) is 174 Å². The smallest absolute Gasteiger partial charge is 0.245 e. The number of rotatable bonds is 54. The first-order valence-corrected chi connectivity index (χ1v) is 47.6. The zero-order valence-corrected chi connectivity index (χ0v) is 75.9. The summed E-state index contributed by atoms with van der Waals surface area (Å²) in [6, 6.07) is 1.95. The maximum Gasteiger partial charge on any atom is 0.245 e. The minimum atomic E-state index is -4.01. The number of guanidine groups is 1. The van der Waals surface area contributed by atoms with Gasteiger partial charge in [0.25, 0.3) is 0 Å². The van der Waals surface area contributed by atoms with Crippen LogP contribution in [0.15, 0.2) is 78.3 Å². The fourth-order valence-corrected chi connectivity index (χ4v) is 16.8. The van der Waals surface area contributed by atoms with Gasteiger partial charge in [0.2, 0.25) is 105 Å². The summed E-state index contributed by atoms with van der Waals surface area (Å²) in [5, 5.41) is 41.4. The van der Waals surface area contributed by atoms with Gasteiger partial charge < -0.3 is 119 Å². The number of nitrogens with one attached hydrogen (secondary N) is 15. The van der Waals surface area contributed by atoms with Crippen LogP contribution in [-0.4, -0.2) is 246 Å². The van der Waals surface area contributed by atoms with Crippen LogP contribution in [0.2, 0.25) is 0 Å². The zero-order valence-electron chi connectivity index (χ0n) is 73.5. The number of aliphatic hydroxyl groups is 1. The van der Waals surface area contributed by atoms with Crippen molar-refractivity contribution in [2.75, 3.05) is 50.5 Å². The number of benzene rings is 2. The molecule has 43 nitrogen and oxygen atoms in total. The molecule has 2 aromatic carbocycles. The van der Waals surface area contributed by atoms with Gasteiger partial charge in [-0.2, -0.15) is 0 Å². The number of aromatic nitrogens is 3. The second-order valence-electron chi connectivity index (χ2n) is 31.2. The molecule has 1 aliphatic heterocycles. The summed E-state index contributed by atoms with van der Waals surface area (Å²) < 4.78 is 26.9. The van der Waals surface area contributed by atoms with E-state index in [1.807, 2.05) is 35.9 Å². The van der Waals surface area contributed by atoms with Crippen molar-refractivity contribution in [2.45, 2.75) is 260 Å². The molecule has 4 aromatic rings. The number of amides is 16. The Morgan fingerprint density at radius 3 is 1.67 bits per heavy atom. The highest BCUT2D eigenvalue weighted by Crippen LogP contribution is 2.25. The van der Waals surface area contributed by atoms with Crippen LogP contribution in [0.1, 0.15) is 191 Å². The molecule has 46 heteroatoms. The average Bonchev–Trinajstić information content (AvgIpc) is 1.68. The van der Waals surface area contributed by atoms with E-state index in [-0.39, 0.29) is 94.6 Å². The molecule has 1 aliphatic rings. The maximum atomic E-state index is 14.3. The standard InChI is InChI=1S/C45H80N12O12S.C38H52N12O7S2/c1-3-5-7-8-9-10-11-12-13-14-15-16-17-20-39(61)57-70(68,69)24-18-21-38(60)50-28-40(62)52-36(29-58)45(67)54-33(22-23-37(47)59)42(64)55-34(25-31-27-49-30-51-31)43(65)56-35(26-46)44(66)53-32(41(48)63)19-6-4-2;1-43-30-20-59-58-19-29(32(40)52)50-36(56)28(17-22-18-45-24-11-6-5-10-23(22)24)49-33(53)25(12-7-15-44-38(41)42)46-35(55)27(16-21-8-3-2-4-9-21)48-34(54)26(47-37(30)57)13-14-31(39)51/h27,30,32-36,58H,3-26,28-29,46H2,1-2H3,(H2,47,59)(H2,48,63)(H,49,51)(H,50,60)(H,52,62)(H,53,66)(H,54,67)(H,55,64)(H,56,65)(H,57,61);2-6,8-11,18,25-30,43,45H,7,12-17,19-20H2,1H3,(H2,39,51)(H2,40,52)(H,46,55)(H,47,57)(H,48,54)(H,49,53)(H,50,56)(H4,41,42,44)/t32-,33-,34-,35-,36-;25-,26-,27+,28-,29-,30-/m00/s1. The average molecular weight is 1870 g/mol. The number of fused-ring (bicyclic) bond motifs is 1. The van der Waals surface area contributed by atoms with Crippen LogP contribution in [0.25, 0.3) is 10.9 Å². The summed E-state index contributed by atoms with van der Waals surface area (Å²) in [6.45, 7) is 2.10. The number of primary amides is 4. The second-order valence-corrected chi connectivity index (χ2v) is 35.6. The summed E-state index contributed by atoms with van der Waals surface area (Å²) in [5.74, 6) is -13.4. The lowest BCUT2D eigenvalue weighted by Crippen LogP contribution is -2.61. The number of imidazole rings is 1. The largest absolute Gasteiger partial charge is 0.394 e. The van der Waals surface area contributed by atoms with Gasteiger partial charge in [-0.3, -0.25) is 86.4 Å². The minimum Gasteiger partial charge on any atom is -0.394 e. The van der Waals surface area contributed by atoms with Gasteiger partial charge in [0, 0.05) is 98.5 Å². The predicted molar refractivity (Wildman–Crippen MR) is 487 cm³/mol. The number of nitrogens with two attached hydrogens (primary N) is 7. The van der Waals surface area contributed by atoms with Gasteiger partial charge in [-0.25, -0.2) is 13.4 Å². The minimum absolute atomic E-state index is 0.00224. The van der Waals surface area contributed by atoms with Crippen molar-refractivity contribution in [1.82, 2.24) is 83.5 Å². The number of carbonyl (C=O) groups is 16. The number of hydrogen-bond acceptors (Lipinski definition) is 25. The van der Waals surface area contributed by atoms with Crippen molar-refractivity contribution < 1.29 is 90.2 Å². The van der Waals surface area contributed by atoms with Crippen molar-refractivity contribution in [1.29, 1.82) is 0 Å². The number of sulfonamides is 1. The normalized spacial score (nSPS) is 17.7. The van der Waals surface area contributed by atoms with Crippen LogP contribution in [-0.2, 0) is 106 Å². The summed E-state index contributed by atoms with van der Waals surface area (Å²) in [6.07, 6.45) is 18.9. The van der Waals surface area contributed by atoms with E-state index in [9.17, 15) is 90.2 Å². The molecule has 5 rings (SSSR count). The van der Waals surface area contributed by atoms with E-state index in [0.717, 1.165) is 36.6 Å². The molecule has 0 saturated carbocycles. The van der Waals surface area contributed by atoms with Crippen molar-refractivity contribution in [3.05, 3.63) is 90.1 Å². The van der Waals surface area contributed by atoms with E-state index in [1.165, 1.54) is 85.5 Å². The molecular formula is C83H132N24O19S3. The Hall–Kier alpha value is -11.5. The Morgan fingerprint density at radius 1 is 0.535 bits per heavy atom. The van der Waals surface area contributed by atoms with E-state index in [4.69, 9.17) is 40.1 Å². The first-order valence-electron chi connectivity index (χ1n) is 43.4. The number of unbranched alkanes of at least 4 members (excludes halogenated alkanes) is 13. The first kappa shape index (κ1) is 110.